The molecule has 15 heavy (non-hydrogen) atoms. The van der Waals surface area contributed by atoms with Crippen LogP contribution in [0.3, 0.4) is 0 Å². The minimum atomic E-state index is -0.575. The molecule has 0 unspecified atom stereocenters. The minimum absolute atomic E-state index is 0.267. The van der Waals surface area contributed by atoms with E-state index in [1.807, 2.05) is 0 Å². The fourth-order valence-electron chi connectivity index (χ4n) is 2.72. The van der Waals surface area contributed by atoms with Gasteiger partial charge < -0.3 is 0 Å². The lowest BCUT2D eigenvalue weighted by Crippen LogP contribution is -2.42. The monoisotopic (exact) mass is 214 g/mol. The highest BCUT2D eigenvalue weighted by Crippen LogP contribution is 2.26. The van der Waals surface area contributed by atoms with Gasteiger partial charge in [-0.1, -0.05) is 0 Å². The number of halogens is 1. The van der Waals surface area contributed by atoms with Crippen molar-refractivity contribution < 1.29 is 4.39 Å². The molecule has 2 rings (SSSR count). The van der Waals surface area contributed by atoms with Crippen molar-refractivity contribution in [1.29, 1.82) is 0 Å². The first-order valence-corrected chi connectivity index (χ1v) is 6.10. The van der Waals surface area contributed by atoms with E-state index in [2.05, 4.69) is 30.6 Å². The Hall–Kier alpha value is -0.150. The van der Waals surface area contributed by atoms with Crippen molar-refractivity contribution in [1.82, 2.24) is 9.80 Å². The third kappa shape index (κ3) is 2.51. The molecular weight excluding hydrogens is 191 g/mol. The average Bonchev–Trinajstić information content (AvgIpc) is 2.69. The van der Waals surface area contributed by atoms with Gasteiger partial charge in [-0.25, -0.2) is 4.39 Å². The summed E-state index contributed by atoms with van der Waals surface area (Å²) in [5, 5.41) is 0. The smallest absolute Gasteiger partial charge is 0.114 e. The molecule has 0 bridgehead atoms. The molecule has 2 aliphatic rings. The number of likely N-dealkylation sites (tertiary alicyclic amines) is 2. The third-order valence-electron chi connectivity index (χ3n) is 3.79. The van der Waals surface area contributed by atoms with Crippen LogP contribution in [0.2, 0.25) is 0 Å². The summed E-state index contributed by atoms with van der Waals surface area (Å²) >= 11 is 0. The molecule has 2 atom stereocenters. The fraction of sp³-hybridized carbons (Fsp3) is 1.00. The summed E-state index contributed by atoms with van der Waals surface area (Å²) < 4.78 is 13.1. The van der Waals surface area contributed by atoms with Crippen molar-refractivity contribution in [3.05, 3.63) is 0 Å². The lowest BCUT2D eigenvalue weighted by molar-refractivity contribution is 0.150. The molecule has 2 aliphatic heterocycles. The summed E-state index contributed by atoms with van der Waals surface area (Å²) in [5.74, 6) is 0. The maximum absolute atomic E-state index is 13.1. The maximum Gasteiger partial charge on any atom is 0.114 e. The molecular formula is C12H23FN2. The molecule has 0 aromatic heterocycles. The Balaban J connectivity index is 1.87. The molecule has 3 heteroatoms. The van der Waals surface area contributed by atoms with E-state index in [4.69, 9.17) is 0 Å². The van der Waals surface area contributed by atoms with Gasteiger partial charge in [0, 0.05) is 37.8 Å². The topological polar surface area (TPSA) is 6.48 Å². The Morgan fingerprint density at radius 2 is 1.80 bits per heavy atom. The van der Waals surface area contributed by atoms with Crippen molar-refractivity contribution >= 4 is 0 Å². The van der Waals surface area contributed by atoms with Gasteiger partial charge in [0.2, 0.25) is 0 Å². The molecule has 0 amide bonds. The quantitative estimate of drug-likeness (QED) is 0.658. The van der Waals surface area contributed by atoms with Gasteiger partial charge >= 0.3 is 0 Å². The van der Waals surface area contributed by atoms with Crippen molar-refractivity contribution in [3.63, 3.8) is 0 Å². The predicted molar refractivity (Wildman–Crippen MR) is 60.8 cm³/mol. The van der Waals surface area contributed by atoms with Gasteiger partial charge in [0.1, 0.15) is 6.17 Å². The zero-order chi connectivity index (χ0) is 11.1. The van der Waals surface area contributed by atoms with Crippen LogP contribution in [-0.2, 0) is 0 Å². The van der Waals surface area contributed by atoms with Gasteiger partial charge in [0.25, 0.3) is 0 Å². The Morgan fingerprint density at radius 3 is 2.27 bits per heavy atom. The molecule has 2 fully saturated rings. The molecule has 2 nitrogen and oxygen atoms in total. The van der Waals surface area contributed by atoms with Crippen LogP contribution in [-0.4, -0.2) is 53.7 Å². The minimum Gasteiger partial charge on any atom is -0.297 e. The first kappa shape index (κ1) is 11.3. The van der Waals surface area contributed by atoms with Crippen LogP contribution in [0.1, 0.15) is 33.6 Å². The molecule has 0 spiro atoms. The lowest BCUT2D eigenvalue weighted by Gasteiger charge is -2.32. The zero-order valence-corrected chi connectivity index (χ0v) is 10.2. The van der Waals surface area contributed by atoms with E-state index in [9.17, 15) is 4.39 Å². The molecule has 88 valence electrons. The first-order chi connectivity index (χ1) is 6.97. The second-order valence-corrected chi connectivity index (χ2v) is 5.94. The average molecular weight is 214 g/mol. The van der Waals surface area contributed by atoms with Gasteiger partial charge in [-0.2, -0.15) is 0 Å². The molecule has 2 saturated heterocycles. The highest BCUT2D eigenvalue weighted by molar-refractivity contribution is 4.92. The first-order valence-electron chi connectivity index (χ1n) is 6.10. The van der Waals surface area contributed by atoms with Crippen LogP contribution in [0.25, 0.3) is 0 Å². The molecule has 0 aliphatic carbocycles. The molecule has 0 saturated carbocycles. The lowest BCUT2D eigenvalue weighted by atomic mass is 10.1. The van der Waals surface area contributed by atoms with Gasteiger partial charge in [0.15, 0.2) is 0 Å². The number of hydrogen-bond donors (Lipinski definition) is 0. The van der Waals surface area contributed by atoms with E-state index in [0.717, 1.165) is 19.5 Å². The highest BCUT2D eigenvalue weighted by Gasteiger charge is 2.35. The maximum atomic E-state index is 13.1. The van der Waals surface area contributed by atoms with Gasteiger partial charge in [0.05, 0.1) is 0 Å². The summed E-state index contributed by atoms with van der Waals surface area (Å²) in [6, 6.07) is 0.602. The van der Waals surface area contributed by atoms with Crippen LogP contribution in [0.4, 0.5) is 4.39 Å². The Kier molecular flexibility index (Phi) is 3.04. The van der Waals surface area contributed by atoms with Crippen molar-refractivity contribution in [3.8, 4) is 0 Å². The molecule has 0 N–H and O–H groups in total. The summed E-state index contributed by atoms with van der Waals surface area (Å²) in [7, 11) is 0. The van der Waals surface area contributed by atoms with Gasteiger partial charge in [-0.15, -0.1) is 0 Å². The van der Waals surface area contributed by atoms with Crippen LogP contribution < -0.4 is 0 Å². The highest BCUT2D eigenvalue weighted by atomic mass is 19.1. The number of nitrogens with zero attached hydrogens (tertiary/aromatic N) is 2. The van der Waals surface area contributed by atoms with Crippen molar-refractivity contribution in [2.24, 2.45) is 0 Å². The van der Waals surface area contributed by atoms with E-state index in [0.29, 0.717) is 12.6 Å². The van der Waals surface area contributed by atoms with Crippen LogP contribution >= 0.6 is 0 Å². The van der Waals surface area contributed by atoms with E-state index >= 15 is 0 Å². The summed E-state index contributed by atoms with van der Waals surface area (Å²) in [4.78, 5) is 4.86. The molecule has 0 aromatic carbocycles. The van der Waals surface area contributed by atoms with Gasteiger partial charge in [-0.05, 0) is 33.6 Å². The number of alkyl halides is 1. The molecule has 0 radical (unpaired) electrons. The summed E-state index contributed by atoms with van der Waals surface area (Å²) in [5.41, 5.74) is 0.267. The second kappa shape index (κ2) is 4.02. The second-order valence-electron chi connectivity index (χ2n) is 5.94. The normalized spacial score (nSPS) is 35.2. The van der Waals surface area contributed by atoms with E-state index in [1.54, 1.807) is 0 Å². The summed E-state index contributed by atoms with van der Waals surface area (Å²) in [6.45, 7) is 10.7. The third-order valence-corrected chi connectivity index (χ3v) is 3.79. The van der Waals surface area contributed by atoms with Gasteiger partial charge in [-0.3, -0.25) is 9.80 Å². The summed E-state index contributed by atoms with van der Waals surface area (Å²) in [6.07, 6.45) is 1.38. The van der Waals surface area contributed by atoms with E-state index in [-0.39, 0.29) is 5.54 Å². The fourth-order valence-corrected chi connectivity index (χ4v) is 2.72. The Bertz CT molecular complexity index is 224. The van der Waals surface area contributed by atoms with Crippen LogP contribution in [0.5, 0.6) is 0 Å². The SMILES string of the molecule is CC(C)(C)N1CC[C@H](N2CC[C@H](F)C2)C1. The molecule has 2 heterocycles. The predicted octanol–water partition coefficient (Wildman–Crippen LogP) is 1.90. The van der Waals surface area contributed by atoms with E-state index < -0.39 is 6.17 Å². The van der Waals surface area contributed by atoms with E-state index in [1.165, 1.54) is 13.0 Å². The van der Waals surface area contributed by atoms with Crippen molar-refractivity contribution in [2.45, 2.75) is 51.4 Å². The van der Waals surface area contributed by atoms with Crippen LogP contribution in [0, 0.1) is 0 Å². The molecule has 0 aromatic rings. The largest absolute Gasteiger partial charge is 0.297 e. The standard InChI is InChI=1S/C12H23FN2/c1-12(2,3)15-7-5-11(9-15)14-6-4-10(13)8-14/h10-11H,4-9H2,1-3H3/t10-,11-/m0/s1. The van der Waals surface area contributed by atoms with Crippen molar-refractivity contribution in [2.75, 3.05) is 26.2 Å². The zero-order valence-electron chi connectivity index (χ0n) is 10.2. The number of rotatable bonds is 1. The van der Waals surface area contributed by atoms with Crippen LogP contribution in [0.15, 0.2) is 0 Å². The Labute approximate surface area is 92.4 Å². The number of hydrogen-bond acceptors (Lipinski definition) is 2. The Morgan fingerprint density at radius 1 is 1.07 bits per heavy atom.